The van der Waals surface area contributed by atoms with Crippen molar-refractivity contribution in [3.63, 3.8) is 0 Å². The Labute approximate surface area is 231 Å². The Hall–Kier alpha value is -4.24. The molecule has 5 rings (SSSR count). The van der Waals surface area contributed by atoms with E-state index in [4.69, 9.17) is 0 Å². The highest BCUT2D eigenvalue weighted by molar-refractivity contribution is 7.90. The first kappa shape index (κ1) is 27.3. The molecule has 3 aromatic carbocycles. The number of Topliss-reactive ketones (excluding diaryl/α,β-unsaturated/α-hetero) is 1. The Morgan fingerprint density at radius 1 is 1.02 bits per heavy atom. The molecule has 1 N–H and O–H groups in total. The van der Waals surface area contributed by atoms with Crippen molar-refractivity contribution in [2.45, 2.75) is 36.5 Å². The minimum atomic E-state index is -3.49. The number of aromatic nitrogens is 2. The monoisotopic (exact) mass is 560 g/mol. The number of benzene rings is 3. The summed E-state index contributed by atoms with van der Waals surface area (Å²) in [6.07, 6.45) is 6.88. The zero-order chi connectivity index (χ0) is 28.4. The highest BCUT2D eigenvalue weighted by atomic mass is 32.2. The zero-order valence-electron chi connectivity index (χ0n) is 21.6. The summed E-state index contributed by atoms with van der Waals surface area (Å²) in [5.41, 5.74) is 4.57. The fourth-order valence-corrected chi connectivity index (χ4v) is 5.84. The largest absolute Gasteiger partial charge is 0.508 e. The Morgan fingerprint density at radius 2 is 1.80 bits per heavy atom. The number of carbonyl (C=O) groups excluding carboxylic acids is 1. The summed E-state index contributed by atoms with van der Waals surface area (Å²) in [7, 11) is -3.49. The molecule has 0 aliphatic heterocycles. The molecule has 4 aromatic rings. The predicted molar refractivity (Wildman–Crippen MR) is 147 cm³/mol. The van der Waals surface area contributed by atoms with Crippen LogP contribution in [0, 0.1) is 11.6 Å². The molecule has 0 radical (unpaired) electrons. The van der Waals surface area contributed by atoms with Crippen molar-refractivity contribution in [1.29, 1.82) is 0 Å². The molecule has 0 unspecified atom stereocenters. The number of allylic oxidation sites excluding steroid dienone is 2. The second-order valence-corrected chi connectivity index (χ2v) is 12.0. The molecule has 0 saturated heterocycles. The van der Waals surface area contributed by atoms with Crippen LogP contribution in [0.1, 0.15) is 41.1 Å². The van der Waals surface area contributed by atoms with Crippen molar-refractivity contribution >= 4 is 21.2 Å². The molecule has 1 heterocycles. The lowest BCUT2D eigenvalue weighted by Gasteiger charge is -2.20. The summed E-state index contributed by atoms with van der Waals surface area (Å²) in [5, 5.41) is 9.93. The highest BCUT2D eigenvalue weighted by Gasteiger charge is 2.25. The van der Waals surface area contributed by atoms with Gasteiger partial charge in [-0.15, -0.1) is 0 Å². The molecule has 1 aliphatic rings. The quantitative estimate of drug-likeness (QED) is 0.276. The molecular weight excluding hydrogens is 534 g/mol. The number of halogens is 2. The van der Waals surface area contributed by atoms with Crippen molar-refractivity contribution in [2.75, 3.05) is 6.26 Å². The van der Waals surface area contributed by atoms with Gasteiger partial charge >= 0.3 is 0 Å². The molecule has 204 valence electrons. The zero-order valence-corrected chi connectivity index (χ0v) is 22.5. The third-order valence-corrected chi connectivity index (χ3v) is 8.09. The number of nitrogens with zero attached hydrogens (tertiary/aromatic N) is 2. The average molecular weight is 561 g/mol. The maximum Gasteiger partial charge on any atom is 0.175 e. The average Bonchev–Trinajstić information content (AvgIpc) is 3.28. The van der Waals surface area contributed by atoms with E-state index in [2.05, 4.69) is 9.97 Å². The number of hydrogen-bond acceptors (Lipinski definition) is 6. The lowest BCUT2D eigenvalue weighted by atomic mass is 9.86. The van der Waals surface area contributed by atoms with Gasteiger partial charge in [0.1, 0.15) is 29.5 Å². The van der Waals surface area contributed by atoms with Crippen LogP contribution in [-0.4, -0.2) is 35.5 Å². The molecule has 1 atom stereocenters. The molecular formula is C31H26F2N2O4S. The van der Waals surface area contributed by atoms with Gasteiger partial charge in [-0.25, -0.2) is 27.2 Å². The summed E-state index contributed by atoms with van der Waals surface area (Å²) in [6.45, 7) is 0. The van der Waals surface area contributed by atoms with Crippen LogP contribution in [-0.2, 0) is 27.5 Å². The summed E-state index contributed by atoms with van der Waals surface area (Å²) >= 11 is 0. The van der Waals surface area contributed by atoms with Gasteiger partial charge in [-0.2, -0.15) is 0 Å². The number of carbonyl (C=O) groups is 1. The van der Waals surface area contributed by atoms with E-state index in [1.807, 2.05) is 12.1 Å². The van der Waals surface area contributed by atoms with E-state index in [-0.39, 0.29) is 35.7 Å². The Balaban J connectivity index is 1.51. The van der Waals surface area contributed by atoms with E-state index >= 15 is 0 Å². The van der Waals surface area contributed by atoms with E-state index in [1.54, 1.807) is 30.5 Å². The topological polar surface area (TPSA) is 97.2 Å². The minimum absolute atomic E-state index is 0.0133. The van der Waals surface area contributed by atoms with E-state index in [9.17, 15) is 27.1 Å². The summed E-state index contributed by atoms with van der Waals surface area (Å²) in [5.74, 6) is -2.03. The van der Waals surface area contributed by atoms with E-state index < -0.39 is 27.4 Å². The van der Waals surface area contributed by atoms with Crippen molar-refractivity contribution in [2.24, 2.45) is 0 Å². The first-order valence-electron chi connectivity index (χ1n) is 12.6. The smallest absolute Gasteiger partial charge is 0.175 e. The van der Waals surface area contributed by atoms with Gasteiger partial charge < -0.3 is 5.11 Å². The van der Waals surface area contributed by atoms with Gasteiger partial charge in [0.2, 0.25) is 0 Å². The van der Waals surface area contributed by atoms with Crippen LogP contribution in [0.25, 0.3) is 16.7 Å². The molecule has 0 amide bonds. The van der Waals surface area contributed by atoms with Crippen molar-refractivity contribution in [1.82, 2.24) is 9.97 Å². The number of fused-ring (bicyclic) bond motifs is 1. The highest BCUT2D eigenvalue weighted by Crippen LogP contribution is 2.36. The van der Waals surface area contributed by atoms with Crippen LogP contribution < -0.4 is 0 Å². The first-order chi connectivity index (χ1) is 19.1. The number of aromatic hydroxyl groups is 1. The van der Waals surface area contributed by atoms with Gasteiger partial charge in [-0.1, -0.05) is 24.3 Å². The molecule has 40 heavy (non-hydrogen) atoms. The molecule has 0 fully saturated rings. The van der Waals surface area contributed by atoms with Crippen LogP contribution in [0.15, 0.2) is 84.2 Å². The number of sulfone groups is 1. The minimum Gasteiger partial charge on any atom is -0.508 e. The third kappa shape index (κ3) is 6.15. The lowest BCUT2D eigenvalue weighted by molar-refractivity contribution is -0.118. The number of ketones is 1. The first-order valence-corrected chi connectivity index (χ1v) is 14.5. The van der Waals surface area contributed by atoms with Crippen LogP contribution in [0.3, 0.4) is 0 Å². The van der Waals surface area contributed by atoms with Gasteiger partial charge in [-0.3, -0.25) is 4.79 Å². The standard InChI is InChI=1S/C31H26F2N2O4S/c1-40(38,39)28-4-2-3-21(14-28)30-17-34-18-35-31(30)23(9-19-10-24(32)15-25(33)11-19)13-27(37)12-22-6-5-20-7-8-26(36)16-29(20)22/h2-4,6-8,10-11,14-18,23,36H,5,9,12-13H2,1H3/t23-/m1/s1. The second-order valence-electron chi connectivity index (χ2n) is 9.99. The Kier molecular flexibility index (Phi) is 7.58. The van der Waals surface area contributed by atoms with Crippen LogP contribution in [0.4, 0.5) is 8.78 Å². The molecule has 6 nitrogen and oxygen atoms in total. The van der Waals surface area contributed by atoms with Crippen LogP contribution >= 0.6 is 0 Å². The van der Waals surface area contributed by atoms with Gasteiger partial charge in [0.25, 0.3) is 0 Å². The van der Waals surface area contributed by atoms with Gasteiger partial charge in [0, 0.05) is 42.8 Å². The van der Waals surface area contributed by atoms with E-state index in [0.29, 0.717) is 28.8 Å². The van der Waals surface area contributed by atoms with E-state index in [0.717, 1.165) is 29.0 Å². The number of phenolic OH excluding ortho intramolecular Hbond substituents is 1. The molecule has 1 aliphatic carbocycles. The molecule has 0 bridgehead atoms. The molecule has 9 heteroatoms. The maximum absolute atomic E-state index is 14.1. The lowest BCUT2D eigenvalue weighted by Crippen LogP contribution is -2.14. The molecule has 0 saturated carbocycles. The second kappa shape index (κ2) is 11.1. The van der Waals surface area contributed by atoms with Gasteiger partial charge in [-0.05, 0) is 77.1 Å². The molecule has 1 aromatic heterocycles. The summed E-state index contributed by atoms with van der Waals surface area (Å²) in [4.78, 5) is 22.2. The maximum atomic E-state index is 14.1. The normalized spacial score (nSPS) is 13.5. The number of phenols is 1. The van der Waals surface area contributed by atoms with Crippen molar-refractivity contribution < 1.29 is 27.1 Å². The third-order valence-electron chi connectivity index (χ3n) is 6.98. The number of hydrogen-bond donors (Lipinski definition) is 1. The van der Waals surface area contributed by atoms with Crippen LogP contribution in [0.5, 0.6) is 5.75 Å². The van der Waals surface area contributed by atoms with Gasteiger partial charge in [0.15, 0.2) is 9.84 Å². The molecule has 0 spiro atoms. The van der Waals surface area contributed by atoms with Crippen molar-refractivity contribution in [3.05, 3.63) is 113 Å². The fourth-order valence-electron chi connectivity index (χ4n) is 5.17. The van der Waals surface area contributed by atoms with Crippen LogP contribution in [0.2, 0.25) is 0 Å². The SMILES string of the molecule is CS(=O)(=O)c1cccc(-c2cncnc2[C@@H](CC(=O)CC2=CCc3ccc(O)cc32)Cc2cc(F)cc(F)c2)c1. The Morgan fingerprint density at radius 3 is 2.55 bits per heavy atom. The summed E-state index contributed by atoms with van der Waals surface area (Å²) < 4.78 is 52.5. The summed E-state index contributed by atoms with van der Waals surface area (Å²) in [6, 6.07) is 14.7. The predicted octanol–water partition coefficient (Wildman–Crippen LogP) is 5.85. The fraction of sp³-hybridized carbons (Fsp3) is 0.194. The number of rotatable bonds is 9. The van der Waals surface area contributed by atoms with Crippen molar-refractivity contribution in [3.8, 4) is 16.9 Å². The van der Waals surface area contributed by atoms with Gasteiger partial charge in [0.05, 0.1) is 10.6 Å². The van der Waals surface area contributed by atoms with E-state index in [1.165, 1.54) is 30.6 Å². The Bertz CT molecular complexity index is 1730.